The van der Waals surface area contributed by atoms with E-state index in [0.29, 0.717) is 10.8 Å². The van der Waals surface area contributed by atoms with Crippen molar-refractivity contribution in [3.63, 3.8) is 0 Å². The van der Waals surface area contributed by atoms with Crippen LogP contribution in [-0.2, 0) is 4.74 Å². The fraction of sp³-hybridized carbons (Fsp3) is 0.500. The molecule has 0 unspecified atom stereocenters. The number of rotatable bonds is 1. The maximum atomic E-state index is 10.1. The molecule has 1 aromatic rings. The van der Waals surface area contributed by atoms with Gasteiger partial charge in [0, 0.05) is 5.56 Å². The minimum atomic E-state index is -0.700. The largest absolute Gasteiger partial charge is 0.495 e. The van der Waals surface area contributed by atoms with Crippen LogP contribution in [0.3, 0.4) is 0 Å². The first-order valence-corrected chi connectivity index (χ1v) is 5.63. The van der Waals surface area contributed by atoms with Crippen molar-refractivity contribution in [2.75, 3.05) is 7.11 Å². The predicted molar refractivity (Wildman–Crippen MR) is 61.9 cm³/mol. The highest BCUT2D eigenvalue weighted by Gasteiger charge is 2.32. The molecule has 0 aromatic heterocycles. The Kier molecular flexibility index (Phi) is 3.10. The Morgan fingerprint density at radius 2 is 2.06 bits per heavy atom. The molecule has 1 aromatic carbocycles. The van der Waals surface area contributed by atoms with Crippen LogP contribution >= 0.6 is 11.6 Å². The highest BCUT2D eigenvalue weighted by atomic mass is 35.5. The number of aliphatic hydroxyl groups excluding tert-OH is 1. The average Bonchev–Trinajstić information content (AvgIpc) is 2.26. The lowest BCUT2D eigenvalue weighted by atomic mass is 9.92. The molecule has 1 heterocycles. The molecule has 16 heavy (non-hydrogen) atoms. The van der Waals surface area contributed by atoms with E-state index in [1.54, 1.807) is 13.2 Å². The smallest absolute Gasteiger partial charge is 0.137 e. The second kappa shape index (κ2) is 4.24. The van der Waals surface area contributed by atoms with Crippen LogP contribution in [0, 0.1) is 0 Å². The van der Waals surface area contributed by atoms with Crippen molar-refractivity contribution in [1.29, 1.82) is 0 Å². The minimum Gasteiger partial charge on any atom is -0.495 e. The van der Waals surface area contributed by atoms with Gasteiger partial charge in [0.25, 0.3) is 0 Å². The lowest BCUT2D eigenvalue weighted by Gasteiger charge is -2.33. The van der Waals surface area contributed by atoms with Gasteiger partial charge in [-0.1, -0.05) is 17.7 Å². The van der Waals surface area contributed by atoms with Crippen LogP contribution in [0.25, 0.3) is 0 Å². The molecule has 0 saturated heterocycles. The van der Waals surface area contributed by atoms with E-state index in [1.165, 1.54) is 0 Å². The number of aliphatic hydroxyl groups is 1. The van der Waals surface area contributed by atoms with Gasteiger partial charge in [0.1, 0.15) is 11.9 Å². The minimum absolute atomic E-state index is 0.0585. The van der Waals surface area contributed by atoms with Gasteiger partial charge in [0.15, 0.2) is 0 Å². The first-order valence-electron chi connectivity index (χ1n) is 5.26. The SMILES string of the molecule is COc1ccc2c(c1Cl)[C@@H](O)[C@H](C)O[C@H]2C. The highest BCUT2D eigenvalue weighted by Crippen LogP contribution is 2.43. The number of hydrogen-bond donors (Lipinski definition) is 1. The molecule has 3 nitrogen and oxygen atoms in total. The predicted octanol–water partition coefficient (Wildman–Crippen LogP) is 2.86. The third-order valence-electron chi connectivity index (χ3n) is 3.00. The number of ether oxygens (including phenoxy) is 2. The van der Waals surface area contributed by atoms with Crippen LogP contribution in [0.15, 0.2) is 12.1 Å². The summed E-state index contributed by atoms with van der Waals surface area (Å²) in [6.45, 7) is 3.78. The quantitative estimate of drug-likeness (QED) is 0.823. The first kappa shape index (κ1) is 11.7. The second-order valence-electron chi connectivity index (χ2n) is 4.01. The van der Waals surface area contributed by atoms with Crippen molar-refractivity contribution >= 4 is 11.6 Å². The number of fused-ring (bicyclic) bond motifs is 1. The van der Waals surface area contributed by atoms with Crippen molar-refractivity contribution in [2.24, 2.45) is 0 Å². The fourth-order valence-electron chi connectivity index (χ4n) is 2.11. The van der Waals surface area contributed by atoms with Crippen molar-refractivity contribution < 1.29 is 14.6 Å². The standard InChI is InChI=1S/C12H15ClO3/c1-6-8-4-5-9(15-3)11(13)10(8)12(14)7(2)16-6/h4-7,12,14H,1-3H3/t6-,7-,12-/m0/s1. The molecule has 0 aliphatic carbocycles. The first-order chi connectivity index (χ1) is 7.56. The van der Waals surface area contributed by atoms with Crippen LogP contribution in [0.5, 0.6) is 5.75 Å². The second-order valence-corrected chi connectivity index (χ2v) is 4.39. The molecule has 3 atom stereocenters. The molecule has 1 N–H and O–H groups in total. The molecule has 0 amide bonds. The lowest BCUT2D eigenvalue weighted by molar-refractivity contribution is -0.0808. The molecule has 88 valence electrons. The Hall–Kier alpha value is -0.770. The van der Waals surface area contributed by atoms with Gasteiger partial charge in [0.2, 0.25) is 0 Å². The summed E-state index contributed by atoms with van der Waals surface area (Å²) >= 11 is 6.21. The van der Waals surface area contributed by atoms with Crippen LogP contribution < -0.4 is 4.74 Å². The Balaban J connectivity index is 2.59. The number of hydrogen-bond acceptors (Lipinski definition) is 3. The number of methoxy groups -OCH3 is 1. The summed E-state index contributed by atoms with van der Waals surface area (Å²) in [6, 6.07) is 3.68. The number of halogens is 1. The lowest BCUT2D eigenvalue weighted by Crippen LogP contribution is -2.27. The van der Waals surface area contributed by atoms with Crippen LogP contribution in [0.2, 0.25) is 5.02 Å². The third-order valence-corrected chi connectivity index (χ3v) is 3.38. The summed E-state index contributed by atoms with van der Waals surface area (Å²) in [7, 11) is 1.56. The topological polar surface area (TPSA) is 38.7 Å². The number of benzene rings is 1. The molecule has 1 aliphatic rings. The van der Waals surface area contributed by atoms with E-state index in [2.05, 4.69) is 0 Å². The Morgan fingerprint density at radius 1 is 1.38 bits per heavy atom. The molecule has 0 spiro atoms. The van der Waals surface area contributed by atoms with E-state index in [9.17, 15) is 5.11 Å². The third kappa shape index (κ3) is 1.69. The maximum absolute atomic E-state index is 10.1. The van der Waals surface area contributed by atoms with E-state index in [0.717, 1.165) is 11.1 Å². The molecule has 2 rings (SSSR count). The zero-order valence-corrected chi connectivity index (χ0v) is 10.3. The Morgan fingerprint density at radius 3 is 2.69 bits per heavy atom. The molecular formula is C12H15ClO3. The van der Waals surface area contributed by atoms with E-state index in [-0.39, 0.29) is 12.2 Å². The Bertz CT molecular complexity index is 405. The summed E-state index contributed by atoms with van der Waals surface area (Å²) in [6.07, 6.45) is -1.02. The van der Waals surface area contributed by atoms with Gasteiger partial charge < -0.3 is 14.6 Å². The van der Waals surface area contributed by atoms with Gasteiger partial charge in [-0.25, -0.2) is 0 Å². The van der Waals surface area contributed by atoms with Crippen molar-refractivity contribution in [3.8, 4) is 5.75 Å². The molecule has 0 fully saturated rings. The monoisotopic (exact) mass is 242 g/mol. The summed E-state index contributed by atoms with van der Waals surface area (Å²) in [5, 5.41) is 10.6. The summed E-state index contributed by atoms with van der Waals surface area (Å²) < 4.78 is 10.7. The molecule has 4 heteroatoms. The summed E-state index contributed by atoms with van der Waals surface area (Å²) in [5.74, 6) is 0.584. The molecule has 0 radical (unpaired) electrons. The zero-order valence-electron chi connectivity index (χ0n) is 9.53. The van der Waals surface area contributed by atoms with Gasteiger partial charge in [-0.05, 0) is 25.5 Å². The molecule has 0 saturated carbocycles. The molecule has 0 bridgehead atoms. The van der Waals surface area contributed by atoms with Gasteiger partial charge in [-0.2, -0.15) is 0 Å². The Labute approximate surface area is 99.9 Å². The molecule has 1 aliphatic heterocycles. The van der Waals surface area contributed by atoms with Crippen molar-refractivity contribution in [1.82, 2.24) is 0 Å². The zero-order chi connectivity index (χ0) is 11.9. The van der Waals surface area contributed by atoms with E-state index in [4.69, 9.17) is 21.1 Å². The maximum Gasteiger partial charge on any atom is 0.137 e. The fourth-order valence-corrected chi connectivity index (χ4v) is 2.47. The average molecular weight is 243 g/mol. The van der Waals surface area contributed by atoms with Crippen LogP contribution in [-0.4, -0.2) is 18.3 Å². The van der Waals surface area contributed by atoms with Gasteiger partial charge in [-0.3, -0.25) is 0 Å². The summed E-state index contributed by atoms with van der Waals surface area (Å²) in [4.78, 5) is 0. The summed E-state index contributed by atoms with van der Waals surface area (Å²) in [5.41, 5.74) is 1.66. The van der Waals surface area contributed by atoms with Crippen molar-refractivity contribution in [2.45, 2.75) is 32.2 Å². The van der Waals surface area contributed by atoms with Crippen molar-refractivity contribution in [3.05, 3.63) is 28.3 Å². The molecular weight excluding hydrogens is 228 g/mol. The normalized spacial score (nSPS) is 28.7. The van der Waals surface area contributed by atoms with Crippen LogP contribution in [0.4, 0.5) is 0 Å². The highest BCUT2D eigenvalue weighted by molar-refractivity contribution is 6.33. The van der Waals surface area contributed by atoms with Gasteiger partial charge in [-0.15, -0.1) is 0 Å². The van der Waals surface area contributed by atoms with E-state index in [1.807, 2.05) is 19.9 Å². The van der Waals surface area contributed by atoms with Gasteiger partial charge in [0.05, 0.1) is 24.3 Å². The van der Waals surface area contributed by atoms with Crippen LogP contribution in [0.1, 0.15) is 37.2 Å². The van der Waals surface area contributed by atoms with Gasteiger partial charge >= 0.3 is 0 Å². The van der Waals surface area contributed by atoms with E-state index >= 15 is 0 Å². The van der Waals surface area contributed by atoms with E-state index < -0.39 is 6.10 Å².